The molecule has 1 aromatic rings. The van der Waals surface area contributed by atoms with E-state index in [1.54, 1.807) is 0 Å². The standard InChI is InChI=1S/C27H47N6O18P/c28-5-11-24(51-52(43,44)45-7-13-10(35)4-15(46-13)33-2-1-14(36)32-27(33)42)19(39)20(40)26(47-11)50-23-9(30)3-8(29)22(21(23)41)49-25-18(38)16(31)17(37)12(6-34)48-25/h1-2,8-13,15-26,34-35,37-41H,3-7,28-31H2,(H,43,44)(H,32,36,42)/t8-,9+,10+,11-,12-,13-,15-,16+,17-,18-,19-,20-,21-,22+,23-,24-,25-,26-/m1/s1. The molecule has 0 aromatic carbocycles. The molecule has 24 nitrogen and oxygen atoms in total. The van der Waals surface area contributed by atoms with Crippen LogP contribution >= 0.6 is 7.82 Å². The van der Waals surface area contributed by atoms with E-state index in [0.29, 0.717) is 0 Å². The first-order chi connectivity index (χ1) is 24.5. The molecular formula is C27H47N6O18P. The fourth-order valence-electron chi connectivity index (χ4n) is 6.56. The van der Waals surface area contributed by atoms with Crippen LogP contribution in [0.5, 0.6) is 0 Å². The highest BCUT2D eigenvalue weighted by molar-refractivity contribution is 7.47. The lowest BCUT2D eigenvalue weighted by Gasteiger charge is -2.48. The van der Waals surface area contributed by atoms with Crippen LogP contribution in [0.4, 0.5) is 0 Å². The molecule has 4 heterocycles. The Kier molecular flexibility index (Phi) is 13.4. The summed E-state index contributed by atoms with van der Waals surface area (Å²) in [7, 11) is -5.11. The molecule has 0 radical (unpaired) electrons. The van der Waals surface area contributed by atoms with Gasteiger partial charge in [-0.25, -0.2) is 9.36 Å². The van der Waals surface area contributed by atoms with Gasteiger partial charge in [-0.1, -0.05) is 0 Å². The number of nitrogens with two attached hydrogens (primary N) is 4. The van der Waals surface area contributed by atoms with Crippen LogP contribution in [0.15, 0.2) is 21.9 Å². The third kappa shape index (κ3) is 8.82. The summed E-state index contributed by atoms with van der Waals surface area (Å²) in [6, 6.07) is -2.18. The third-order valence-electron chi connectivity index (χ3n) is 9.48. The van der Waals surface area contributed by atoms with E-state index in [9.17, 15) is 54.8 Å². The quantitative estimate of drug-likeness (QED) is 0.0877. The molecule has 0 bridgehead atoms. The van der Waals surface area contributed by atoms with Gasteiger partial charge in [-0.05, 0) is 6.42 Å². The van der Waals surface area contributed by atoms with Crippen LogP contribution in [-0.4, -0.2) is 174 Å². The largest absolute Gasteiger partial charge is 0.472 e. The minimum absolute atomic E-state index is 0.0441. The predicted octanol–water partition coefficient (Wildman–Crippen LogP) is -7.95. The molecule has 1 saturated carbocycles. The molecule has 3 saturated heterocycles. The molecule has 298 valence electrons. The monoisotopic (exact) mass is 774 g/mol. The van der Waals surface area contributed by atoms with Crippen molar-refractivity contribution >= 4 is 7.82 Å². The van der Waals surface area contributed by atoms with Crippen molar-refractivity contribution in [2.24, 2.45) is 22.9 Å². The van der Waals surface area contributed by atoms with Crippen molar-refractivity contribution in [1.82, 2.24) is 9.55 Å². The number of aromatic amines is 1. The van der Waals surface area contributed by atoms with E-state index in [-0.39, 0.29) is 12.8 Å². The molecule has 19 atom stereocenters. The fraction of sp³-hybridized carbons (Fsp3) is 0.852. The topological polar surface area (TPSA) is 402 Å². The summed E-state index contributed by atoms with van der Waals surface area (Å²) in [5.74, 6) is 0. The zero-order chi connectivity index (χ0) is 38.2. The zero-order valence-corrected chi connectivity index (χ0v) is 28.3. The highest BCUT2D eigenvalue weighted by atomic mass is 31.2. The summed E-state index contributed by atoms with van der Waals surface area (Å²) in [4.78, 5) is 36.0. The van der Waals surface area contributed by atoms with E-state index >= 15 is 0 Å². The number of rotatable bonds is 12. The van der Waals surface area contributed by atoms with Gasteiger partial charge in [-0.3, -0.25) is 23.4 Å². The second-order valence-corrected chi connectivity index (χ2v) is 14.5. The van der Waals surface area contributed by atoms with Crippen LogP contribution in [0.3, 0.4) is 0 Å². The summed E-state index contributed by atoms with van der Waals surface area (Å²) in [6.45, 7) is -1.85. The summed E-state index contributed by atoms with van der Waals surface area (Å²) in [5.41, 5.74) is 22.6. The number of ether oxygens (including phenoxy) is 5. The van der Waals surface area contributed by atoms with Crippen LogP contribution in [0, 0.1) is 0 Å². The van der Waals surface area contributed by atoms with Crippen molar-refractivity contribution in [2.45, 2.75) is 123 Å². The number of aliphatic hydroxyl groups excluding tert-OH is 7. The molecule has 5 rings (SSSR count). The lowest BCUT2D eigenvalue weighted by Crippen LogP contribution is -2.68. The average Bonchev–Trinajstić information content (AvgIpc) is 3.46. The Labute approximate surface area is 294 Å². The van der Waals surface area contributed by atoms with Crippen LogP contribution in [0.25, 0.3) is 0 Å². The van der Waals surface area contributed by atoms with Gasteiger partial charge >= 0.3 is 13.5 Å². The molecule has 0 spiro atoms. The maximum absolute atomic E-state index is 12.9. The second kappa shape index (κ2) is 16.9. The van der Waals surface area contributed by atoms with Gasteiger partial charge < -0.3 is 87.3 Å². The van der Waals surface area contributed by atoms with Gasteiger partial charge in [0.1, 0.15) is 73.4 Å². The Balaban J connectivity index is 1.19. The van der Waals surface area contributed by atoms with Gasteiger partial charge in [0.15, 0.2) is 12.6 Å². The molecule has 1 aliphatic carbocycles. The molecule has 1 unspecified atom stereocenters. The highest BCUT2D eigenvalue weighted by Gasteiger charge is 2.53. The molecular weight excluding hydrogens is 727 g/mol. The minimum Gasteiger partial charge on any atom is -0.394 e. The fourth-order valence-corrected chi connectivity index (χ4v) is 7.52. The number of nitrogens with one attached hydrogen (secondary N) is 1. The lowest BCUT2D eigenvalue weighted by atomic mass is 9.84. The van der Waals surface area contributed by atoms with Gasteiger partial charge in [0.25, 0.3) is 5.56 Å². The molecule has 3 aliphatic heterocycles. The van der Waals surface area contributed by atoms with Crippen molar-refractivity contribution in [3.63, 3.8) is 0 Å². The number of hydrogen-bond donors (Lipinski definition) is 13. The number of phosphoric acid groups is 1. The first-order valence-electron chi connectivity index (χ1n) is 16.4. The zero-order valence-electron chi connectivity index (χ0n) is 27.4. The van der Waals surface area contributed by atoms with Gasteiger partial charge in [0.2, 0.25) is 0 Å². The van der Waals surface area contributed by atoms with Crippen LogP contribution in [0.2, 0.25) is 0 Å². The summed E-state index contributed by atoms with van der Waals surface area (Å²) in [5, 5.41) is 73.7. The first kappa shape index (κ1) is 41.3. The summed E-state index contributed by atoms with van der Waals surface area (Å²) >= 11 is 0. The Morgan fingerprint density at radius 1 is 0.827 bits per heavy atom. The van der Waals surface area contributed by atoms with Gasteiger partial charge in [-0.15, -0.1) is 0 Å². The summed E-state index contributed by atoms with van der Waals surface area (Å²) in [6.07, 6.45) is -21.7. The maximum atomic E-state index is 12.9. The molecule has 52 heavy (non-hydrogen) atoms. The van der Waals surface area contributed by atoms with Crippen LogP contribution in [0.1, 0.15) is 19.1 Å². The highest BCUT2D eigenvalue weighted by Crippen LogP contribution is 2.48. The van der Waals surface area contributed by atoms with E-state index < -0.39 is 149 Å². The molecule has 0 amide bonds. The van der Waals surface area contributed by atoms with Crippen molar-refractivity contribution in [3.05, 3.63) is 33.1 Å². The SMILES string of the molecule is NC[C@H]1O[C@H](O[C@H]2[C@H](O)[C@@H](O[C@H]3O[C@H](CO)[C@@H](O)[C@H](N)[C@H]3O)[C@H](N)C[C@@H]2N)[C@H](O)[C@@H](O)[C@@H]1OP(=O)(O)OC[C@H]1O[C@@H](n2ccc(=O)[nH]c2=O)C[C@@H]1O. The number of aromatic nitrogens is 2. The molecule has 4 aliphatic rings. The first-order valence-corrected chi connectivity index (χ1v) is 17.9. The number of phosphoric ester groups is 1. The normalized spacial score (nSPS) is 45.5. The van der Waals surface area contributed by atoms with Gasteiger partial charge in [-0.2, -0.15) is 0 Å². The third-order valence-corrected chi connectivity index (χ3v) is 10.5. The van der Waals surface area contributed by atoms with Crippen LogP contribution in [-0.2, 0) is 37.3 Å². The van der Waals surface area contributed by atoms with E-state index in [2.05, 4.69) is 0 Å². The molecule has 25 heteroatoms. The minimum atomic E-state index is -5.11. The van der Waals surface area contributed by atoms with Gasteiger partial charge in [0.05, 0.1) is 25.4 Å². The van der Waals surface area contributed by atoms with Gasteiger partial charge in [0, 0.05) is 37.3 Å². The summed E-state index contributed by atoms with van der Waals surface area (Å²) < 4.78 is 52.3. The second-order valence-electron chi connectivity index (χ2n) is 13.1. The predicted molar refractivity (Wildman–Crippen MR) is 168 cm³/mol. The Hall–Kier alpha value is -1.85. The smallest absolute Gasteiger partial charge is 0.394 e. The maximum Gasteiger partial charge on any atom is 0.472 e. The van der Waals surface area contributed by atoms with Crippen molar-refractivity contribution in [1.29, 1.82) is 0 Å². The number of hydrogen-bond acceptors (Lipinski definition) is 21. The van der Waals surface area contributed by atoms with Crippen molar-refractivity contribution in [3.8, 4) is 0 Å². The molecule has 4 fully saturated rings. The molecule has 1 aromatic heterocycles. The van der Waals surface area contributed by atoms with E-state index in [0.717, 1.165) is 16.8 Å². The Morgan fingerprint density at radius 3 is 2.04 bits per heavy atom. The van der Waals surface area contributed by atoms with Crippen molar-refractivity contribution in [2.75, 3.05) is 19.8 Å². The van der Waals surface area contributed by atoms with E-state index in [1.807, 2.05) is 4.98 Å². The Bertz CT molecular complexity index is 1510. The number of aliphatic hydroxyl groups is 7. The lowest BCUT2D eigenvalue weighted by molar-refractivity contribution is -0.331. The van der Waals surface area contributed by atoms with E-state index in [1.165, 1.54) is 0 Å². The van der Waals surface area contributed by atoms with Crippen LogP contribution < -0.4 is 34.2 Å². The van der Waals surface area contributed by atoms with Crippen molar-refractivity contribution < 1.29 is 77.9 Å². The average molecular weight is 775 g/mol. The number of H-pyrrole nitrogens is 1. The molecule has 17 N–H and O–H groups in total. The Morgan fingerprint density at radius 2 is 1.44 bits per heavy atom. The van der Waals surface area contributed by atoms with E-state index in [4.69, 9.17) is 55.7 Å². The number of nitrogens with zero attached hydrogens (tertiary/aromatic N) is 1.